The summed E-state index contributed by atoms with van der Waals surface area (Å²) in [5.74, 6) is 2.11. The summed E-state index contributed by atoms with van der Waals surface area (Å²) < 4.78 is 0. The Labute approximate surface area is 146 Å². The van der Waals surface area contributed by atoms with E-state index in [2.05, 4.69) is 11.6 Å². The van der Waals surface area contributed by atoms with E-state index in [1.807, 2.05) is 45.0 Å². The second-order valence-electron chi connectivity index (χ2n) is 6.66. The lowest BCUT2D eigenvalue weighted by Crippen LogP contribution is -2.48. The first-order valence-electron chi connectivity index (χ1n) is 7.60. The molecule has 0 bridgehead atoms. The normalized spacial score (nSPS) is 18.1. The summed E-state index contributed by atoms with van der Waals surface area (Å²) in [6.07, 6.45) is 2.06. The molecular weight excluding hydrogens is 328 g/mol. The number of benzene rings is 1. The molecule has 1 N–H and O–H groups in total. The van der Waals surface area contributed by atoms with E-state index in [1.54, 1.807) is 28.4 Å². The number of thioether (sulfide) groups is 2. The van der Waals surface area contributed by atoms with Gasteiger partial charge < -0.3 is 10.2 Å². The lowest BCUT2D eigenvalue weighted by atomic mass is 9.94. The minimum Gasteiger partial charge on any atom is -0.324 e. The van der Waals surface area contributed by atoms with Crippen molar-refractivity contribution < 1.29 is 9.59 Å². The lowest BCUT2D eigenvalue weighted by molar-refractivity contribution is -0.143. The van der Waals surface area contributed by atoms with Crippen LogP contribution in [0.3, 0.4) is 0 Å². The molecule has 1 aromatic rings. The van der Waals surface area contributed by atoms with Crippen LogP contribution in [-0.4, -0.2) is 40.6 Å². The zero-order valence-electron chi connectivity index (χ0n) is 14.1. The van der Waals surface area contributed by atoms with Gasteiger partial charge in [0.2, 0.25) is 11.8 Å². The van der Waals surface area contributed by atoms with Gasteiger partial charge in [0.25, 0.3) is 0 Å². The van der Waals surface area contributed by atoms with Gasteiger partial charge in [-0.3, -0.25) is 9.59 Å². The average molecular weight is 353 g/mol. The molecule has 2 amide bonds. The molecule has 1 heterocycles. The van der Waals surface area contributed by atoms with Crippen molar-refractivity contribution in [2.45, 2.75) is 32.6 Å². The van der Waals surface area contributed by atoms with Crippen molar-refractivity contribution in [2.75, 3.05) is 23.2 Å². The molecule has 0 aliphatic carbocycles. The van der Waals surface area contributed by atoms with Gasteiger partial charge in [-0.2, -0.15) is 11.8 Å². The molecule has 1 aromatic carbocycles. The van der Waals surface area contributed by atoms with Crippen LogP contribution in [0.1, 0.15) is 26.3 Å². The number of nitrogens with one attached hydrogen (secondary N) is 1. The van der Waals surface area contributed by atoms with E-state index in [4.69, 9.17) is 0 Å². The van der Waals surface area contributed by atoms with Crippen LogP contribution in [0.2, 0.25) is 0 Å². The van der Waals surface area contributed by atoms with Crippen LogP contribution in [0.15, 0.2) is 24.3 Å². The highest BCUT2D eigenvalue weighted by Crippen LogP contribution is 2.28. The molecule has 1 atom stereocenters. The fraction of sp³-hybridized carbons (Fsp3) is 0.529. The Balaban J connectivity index is 2.03. The van der Waals surface area contributed by atoms with E-state index in [1.165, 1.54) is 5.56 Å². The Hall–Kier alpha value is -1.14. The van der Waals surface area contributed by atoms with Gasteiger partial charge in [-0.25, -0.2) is 0 Å². The molecule has 1 aliphatic heterocycles. The van der Waals surface area contributed by atoms with Crippen molar-refractivity contribution in [1.82, 2.24) is 4.90 Å². The van der Waals surface area contributed by atoms with Crippen molar-refractivity contribution in [2.24, 2.45) is 5.41 Å². The van der Waals surface area contributed by atoms with Crippen LogP contribution in [-0.2, 0) is 15.3 Å². The summed E-state index contributed by atoms with van der Waals surface area (Å²) in [5, 5.41) is 2.94. The Morgan fingerprint density at radius 2 is 1.96 bits per heavy atom. The number of carbonyl (C=O) groups excluding carboxylic acids is 2. The molecule has 6 heteroatoms. The largest absolute Gasteiger partial charge is 0.324 e. The molecule has 1 unspecified atom stereocenters. The SMILES string of the molecule is CSCc1ccc(NC(=O)C2CSCN2C(=O)C(C)(C)C)cc1. The first kappa shape index (κ1) is 18.2. The highest BCUT2D eigenvalue weighted by Gasteiger charge is 2.38. The average Bonchev–Trinajstić information content (AvgIpc) is 2.97. The second kappa shape index (κ2) is 7.62. The van der Waals surface area contributed by atoms with Crippen LogP contribution in [0.4, 0.5) is 5.69 Å². The summed E-state index contributed by atoms with van der Waals surface area (Å²) >= 11 is 3.39. The fourth-order valence-corrected chi connectivity index (χ4v) is 4.05. The molecule has 0 spiro atoms. The van der Waals surface area contributed by atoms with Gasteiger partial charge in [0.1, 0.15) is 6.04 Å². The standard InChI is InChI=1S/C17H24N2O2S2/c1-17(2,3)16(21)19-11-23-10-14(19)15(20)18-13-7-5-12(6-8-13)9-22-4/h5-8,14H,9-11H2,1-4H3,(H,18,20). The van der Waals surface area contributed by atoms with Crippen LogP contribution < -0.4 is 5.32 Å². The number of nitrogens with zero attached hydrogens (tertiary/aromatic N) is 1. The summed E-state index contributed by atoms with van der Waals surface area (Å²) in [5.41, 5.74) is 1.54. The Kier molecular flexibility index (Phi) is 6.03. The van der Waals surface area contributed by atoms with Crippen LogP contribution in [0, 0.1) is 5.41 Å². The van der Waals surface area contributed by atoms with Crippen molar-refractivity contribution in [3.63, 3.8) is 0 Å². The van der Waals surface area contributed by atoms with Gasteiger partial charge in [-0.15, -0.1) is 11.8 Å². The van der Waals surface area contributed by atoms with Gasteiger partial charge >= 0.3 is 0 Å². The van der Waals surface area contributed by atoms with E-state index < -0.39 is 11.5 Å². The second-order valence-corrected chi connectivity index (χ2v) is 8.53. The summed E-state index contributed by atoms with van der Waals surface area (Å²) in [4.78, 5) is 26.7. The number of rotatable bonds is 4. The first-order chi connectivity index (χ1) is 10.8. The van der Waals surface area contributed by atoms with Gasteiger partial charge in [-0.1, -0.05) is 32.9 Å². The maximum absolute atomic E-state index is 12.5. The minimum absolute atomic E-state index is 0.0259. The molecule has 0 radical (unpaired) electrons. The minimum atomic E-state index is -0.469. The predicted octanol–water partition coefficient (Wildman–Crippen LogP) is 3.44. The third-order valence-electron chi connectivity index (χ3n) is 3.62. The molecule has 1 saturated heterocycles. The van der Waals surface area contributed by atoms with Crippen LogP contribution in [0.25, 0.3) is 0 Å². The lowest BCUT2D eigenvalue weighted by Gasteiger charge is -2.29. The van der Waals surface area contributed by atoms with Crippen LogP contribution >= 0.6 is 23.5 Å². The van der Waals surface area contributed by atoms with Crippen LogP contribution in [0.5, 0.6) is 0 Å². The molecule has 126 valence electrons. The topological polar surface area (TPSA) is 49.4 Å². The van der Waals surface area contributed by atoms with Crippen molar-refractivity contribution >= 4 is 41.0 Å². The molecule has 1 aliphatic rings. The van der Waals surface area contributed by atoms with E-state index in [-0.39, 0.29) is 11.8 Å². The maximum Gasteiger partial charge on any atom is 0.248 e. The van der Waals surface area contributed by atoms with Gasteiger partial charge in [0, 0.05) is 22.6 Å². The number of carbonyl (C=O) groups is 2. The van der Waals surface area contributed by atoms with Gasteiger partial charge in [-0.05, 0) is 24.0 Å². The molecule has 1 fully saturated rings. The number of hydrogen-bond donors (Lipinski definition) is 1. The molecular formula is C17H24N2O2S2. The van der Waals surface area contributed by atoms with Gasteiger partial charge in [0.05, 0.1) is 5.88 Å². The number of amides is 2. The van der Waals surface area contributed by atoms with Crippen molar-refractivity contribution in [3.8, 4) is 0 Å². The Morgan fingerprint density at radius 3 is 2.52 bits per heavy atom. The predicted molar refractivity (Wildman–Crippen MR) is 99.7 cm³/mol. The molecule has 2 rings (SSSR count). The quantitative estimate of drug-likeness (QED) is 0.902. The zero-order valence-corrected chi connectivity index (χ0v) is 15.7. The maximum atomic E-state index is 12.5. The highest BCUT2D eigenvalue weighted by molar-refractivity contribution is 7.99. The summed E-state index contributed by atoms with van der Waals surface area (Å²) in [6, 6.07) is 7.49. The molecule has 23 heavy (non-hydrogen) atoms. The number of hydrogen-bond acceptors (Lipinski definition) is 4. The third kappa shape index (κ3) is 4.67. The van der Waals surface area contributed by atoms with E-state index in [0.717, 1.165) is 11.4 Å². The third-order valence-corrected chi connectivity index (χ3v) is 5.25. The Morgan fingerprint density at radius 1 is 1.30 bits per heavy atom. The Bertz CT molecular complexity index is 567. The molecule has 0 saturated carbocycles. The van der Waals surface area contributed by atoms with Crippen molar-refractivity contribution in [1.29, 1.82) is 0 Å². The molecule has 0 aromatic heterocycles. The fourth-order valence-electron chi connectivity index (χ4n) is 2.37. The summed E-state index contributed by atoms with van der Waals surface area (Å²) in [6.45, 7) is 5.66. The smallest absolute Gasteiger partial charge is 0.248 e. The van der Waals surface area contributed by atoms with Gasteiger partial charge in [0.15, 0.2) is 0 Å². The van der Waals surface area contributed by atoms with E-state index in [0.29, 0.717) is 11.6 Å². The van der Waals surface area contributed by atoms with Crippen molar-refractivity contribution in [3.05, 3.63) is 29.8 Å². The first-order valence-corrected chi connectivity index (χ1v) is 10.2. The number of anilines is 1. The zero-order chi connectivity index (χ0) is 17.0. The summed E-state index contributed by atoms with van der Waals surface area (Å²) in [7, 11) is 0. The monoisotopic (exact) mass is 352 g/mol. The van der Waals surface area contributed by atoms with E-state index >= 15 is 0 Å². The highest BCUT2D eigenvalue weighted by atomic mass is 32.2. The molecule has 4 nitrogen and oxygen atoms in total. The van der Waals surface area contributed by atoms with E-state index in [9.17, 15) is 9.59 Å².